The van der Waals surface area contributed by atoms with Gasteiger partial charge in [0, 0.05) is 41.3 Å². The van der Waals surface area contributed by atoms with Crippen molar-refractivity contribution in [1.29, 1.82) is 0 Å². The van der Waals surface area contributed by atoms with Crippen molar-refractivity contribution < 1.29 is 27.8 Å². The summed E-state index contributed by atoms with van der Waals surface area (Å²) in [6.45, 7) is 1.74. The van der Waals surface area contributed by atoms with E-state index in [4.69, 9.17) is 14.2 Å². The van der Waals surface area contributed by atoms with Crippen molar-refractivity contribution in [2.75, 3.05) is 19.5 Å². The van der Waals surface area contributed by atoms with Gasteiger partial charge in [-0.15, -0.1) is 0 Å². The van der Waals surface area contributed by atoms with E-state index in [0.717, 1.165) is 24.5 Å². The topological polar surface area (TPSA) is 91.7 Å². The van der Waals surface area contributed by atoms with Crippen LogP contribution in [0.1, 0.15) is 40.2 Å². The number of halogens is 2. The molecule has 1 amide bonds. The van der Waals surface area contributed by atoms with Gasteiger partial charge >= 0.3 is 0 Å². The predicted octanol–water partition coefficient (Wildman–Crippen LogP) is 6.91. The molecule has 43 heavy (non-hydrogen) atoms. The van der Waals surface area contributed by atoms with Crippen LogP contribution >= 0.6 is 0 Å². The Morgan fingerprint density at radius 1 is 0.930 bits per heavy atom. The number of rotatable bonds is 8. The highest BCUT2D eigenvalue weighted by atomic mass is 19.1. The summed E-state index contributed by atoms with van der Waals surface area (Å²) in [6, 6.07) is 14.5. The molecule has 1 aliphatic rings. The lowest BCUT2D eigenvalue weighted by atomic mass is 10.0. The third kappa shape index (κ3) is 5.39. The average Bonchev–Trinajstić information content (AvgIpc) is 3.84. The Labute approximate surface area is 245 Å². The fourth-order valence-electron chi connectivity index (χ4n) is 5.10. The molecule has 0 unspecified atom stereocenters. The Bertz CT molecular complexity index is 1940. The largest absolute Gasteiger partial charge is 0.493 e. The molecule has 3 aromatic carbocycles. The van der Waals surface area contributed by atoms with Crippen LogP contribution in [0.5, 0.6) is 23.0 Å². The normalized spacial score (nSPS) is 12.7. The smallest absolute Gasteiger partial charge is 0.268 e. The van der Waals surface area contributed by atoms with Crippen molar-refractivity contribution in [3.8, 4) is 28.7 Å². The average molecular weight is 584 g/mol. The summed E-state index contributed by atoms with van der Waals surface area (Å²) in [5, 5.41) is 3.24. The molecule has 1 saturated carbocycles. The van der Waals surface area contributed by atoms with Gasteiger partial charge in [0.2, 0.25) is 0 Å². The van der Waals surface area contributed by atoms with Gasteiger partial charge < -0.3 is 19.5 Å². The summed E-state index contributed by atoms with van der Waals surface area (Å²) in [5.41, 5.74) is 1.99. The number of nitrogens with zero attached hydrogens (tertiary/aromatic N) is 2. The number of carbonyl (C=O) groups excluding carboxylic acids is 1. The molecule has 0 saturated heterocycles. The number of benzene rings is 3. The van der Waals surface area contributed by atoms with Crippen molar-refractivity contribution in [3.05, 3.63) is 112 Å². The minimum absolute atomic E-state index is 0.0536. The van der Waals surface area contributed by atoms with Gasteiger partial charge in [-0.05, 0) is 85.3 Å². The first-order valence-electron chi connectivity index (χ1n) is 13.6. The Morgan fingerprint density at radius 3 is 2.33 bits per heavy atom. The molecule has 0 atom stereocenters. The SMILES string of the molecule is COc1cc2nccc(Oc3ccc(NC(=O)c4c(C)c(C5CC5)cn(-c5ccc(F)cc5)c4=O)cc3F)c2cc1OC. The number of aromatic nitrogens is 2. The van der Waals surface area contributed by atoms with E-state index >= 15 is 4.39 Å². The van der Waals surface area contributed by atoms with E-state index in [-0.39, 0.29) is 22.9 Å². The fraction of sp³-hybridized carbons (Fsp3) is 0.182. The molecule has 218 valence electrons. The summed E-state index contributed by atoms with van der Waals surface area (Å²) < 4.78 is 46.8. The molecule has 2 heterocycles. The second-order valence-electron chi connectivity index (χ2n) is 10.2. The van der Waals surface area contributed by atoms with Gasteiger partial charge in [-0.25, -0.2) is 8.78 Å². The molecule has 1 fully saturated rings. The van der Waals surface area contributed by atoms with Crippen LogP contribution in [-0.4, -0.2) is 29.7 Å². The highest BCUT2D eigenvalue weighted by molar-refractivity contribution is 6.05. The molecular formula is C33H27F2N3O5. The minimum Gasteiger partial charge on any atom is -0.493 e. The lowest BCUT2D eigenvalue weighted by molar-refractivity contribution is 0.102. The molecule has 0 bridgehead atoms. The quantitative estimate of drug-likeness (QED) is 0.213. The van der Waals surface area contributed by atoms with Crippen LogP contribution in [0.25, 0.3) is 16.6 Å². The van der Waals surface area contributed by atoms with Gasteiger partial charge in [0.15, 0.2) is 23.1 Å². The van der Waals surface area contributed by atoms with Crippen LogP contribution in [0.4, 0.5) is 14.5 Å². The molecule has 8 nitrogen and oxygen atoms in total. The summed E-state index contributed by atoms with van der Waals surface area (Å²) >= 11 is 0. The zero-order chi connectivity index (χ0) is 30.2. The Morgan fingerprint density at radius 2 is 1.65 bits per heavy atom. The van der Waals surface area contributed by atoms with E-state index in [1.54, 1.807) is 31.3 Å². The van der Waals surface area contributed by atoms with Crippen LogP contribution in [-0.2, 0) is 0 Å². The van der Waals surface area contributed by atoms with Crippen molar-refractivity contribution in [2.45, 2.75) is 25.7 Å². The van der Waals surface area contributed by atoms with Gasteiger partial charge in [0.05, 0.1) is 19.7 Å². The Balaban J connectivity index is 1.29. The maximum absolute atomic E-state index is 15.3. The van der Waals surface area contributed by atoms with E-state index < -0.39 is 23.1 Å². The highest BCUT2D eigenvalue weighted by Crippen LogP contribution is 2.42. The van der Waals surface area contributed by atoms with Gasteiger partial charge in [-0.3, -0.25) is 19.1 Å². The number of fused-ring (bicyclic) bond motifs is 1. The number of hydrogen-bond acceptors (Lipinski definition) is 6. The van der Waals surface area contributed by atoms with E-state index in [2.05, 4.69) is 10.3 Å². The molecular weight excluding hydrogens is 556 g/mol. The number of pyridine rings is 2. The maximum atomic E-state index is 15.3. The van der Waals surface area contributed by atoms with Crippen LogP contribution in [0.3, 0.4) is 0 Å². The predicted molar refractivity (Wildman–Crippen MR) is 158 cm³/mol. The molecule has 2 aromatic heterocycles. The molecule has 10 heteroatoms. The summed E-state index contributed by atoms with van der Waals surface area (Å²) in [6.07, 6.45) is 5.15. The van der Waals surface area contributed by atoms with Crippen LogP contribution < -0.4 is 25.1 Å². The lowest BCUT2D eigenvalue weighted by Gasteiger charge is -2.16. The van der Waals surface area contributed by atoms with Gasteiger partial charge in [-0.1, -0.05) is 0 Å². The van der Waals surface area contributed by atoms with Crippen molar-refractivity contribution in [2.24, 2.45) is 0 Å². The van der Waals surface area contributed by atoms with Crippen LogP contribution in [0.2, 0.25) is 0 Å². The molecule has 0 spiro atoms. The minimum atomic E-state index is -0.726. The molecule has 1 aliphatic carbocycles. The van der Waals surface area contributed by atoms with Crippen LogP contribution in [0.15, 0.2) is 77.9 Å². The van der Waals surface area contributed by atoms with Crippen molar-refractivity contribution in [1.82, 2.24) is 9.55 Å². The highest BCUT2D eigenvalue weighted by Gasteiger charge is 2.30. The van der Waals surface area contributed by atoms with Crippen molar-refractivity contribution in [3.63, 3.8) is 0 Å². The number of amides is 1. The van der Waals surface area contributed by atoms with E-state index in [1.165, 1.54) is 61.4 Å². The first kappa shape index (κ1) is 27.9. The number of anilines is 1. The van der Waals surface area contributed by atoms with Gasteiger partial charge in [-0.2, -0.15) is 0 Å². The second-order valence-corrected chi connectivity index (χ2v) is 10.2. The molecule has 6 rings (SSSR count). The number of carbonyl (C=O) groups is 1. The number of hydrogen-bond donors (Lipinski definition) is 1. The van der Waals surface area contributed by atoms with E-state index in [1.807, 2.05) is 0 Å². The number of methoxy groups -OCH3 is 2. The van der Waals surface area contributed by atoms with E-state index in [0.29, 0.717) is 39.4 Å². The Kier molecular flexibility index (Phi) is 7.27. The third-order valence-electron chi connectivity index (χ3n) is 7.47. The number of nitrogens with one attached hydrogen (secondary N) is 1. The second kappa shape index (κ2) is 11.2. The van der Waals surface area contributed by atoms with Gasteiger partial charge in [0.1, 0.15) is 17.1 Å². The first-order chi connectivity index (χ1) is 20.8. The third-order valence-corrected chi connectivity index (χ3v) is 7.47. The first-order valence-corrected chi connectivity index (χ1v) is 13.6. The summed E-state index contributed by atoms with van der Waals surface area (Å²) in [5.74, 6) is -0.375. The van der Waals surface area contributed by atoms with Gasteiger partial charge in [0.25, 0.3) is 11.5 Å². The molecule has 5 aromatic rings. The molecule has 0 radical (unpaired) electrons. The summed E-state index contributed by atoms with van der Waals surface area (Å²) in [7, 11) is 3.03. The monoisotopic (exact) mass is 583 g/mol. The fourth-order valence-corrected chi connectivity index (χ4v) is 5.10. The van der Waals surface area contributed by atoms with Crippen LogP contribution in [0, 0.1) is 18.6 Å². The summed E-state index contributed by atoms with van der Waals surface area (Å²) in [4.78, 5) is 31.3. The maximum Gasteiger partial charge on any atom is 0.268 e. The zero-order valence-corrected chi connectivity index (χ0v) is 23.6. The zero-order valence-electron chi connectivity index (χ0n) is 23.6. The molecule has 0 aliphatic heterocycles. The van der Waals surface area contributed by atoms with E-state index in [9.17, 15) is 14.0 Å². The lowest BCUT2D eigenvalue weighted by Crippen LogP contribution is -2.30. The Hall–Kier alpha value is -5.25. The molecule has 1 N–H and O–H groups in total. The standard InChI is InChI=1S/C33H27F2N3O5/c1-18-24(19-4-5-19)17-38(22-9-6-20(34)7-10-22)33(40)31(18)32(39)37-21-8-11-28(25(35)14-21)43-27-12-13-36-26-16-30(42-3)29(41-2)15-23(26)27/h6-17,19H,4-5H2,1-3H3,(H,37,39). The number of ether oxygens (including phenoxy) is 3. The van der Waals surface area contributed by atoms with Crippen molar-refractivity contribution >= 4 is 22.5 Å².